The number of rotatable bonds is 2. The van der Waals surface area contributed by atoms with Crippen molar-refractivity contribution in [1.29, 1.82) is 0 Å². The lowest BCUT2D eigenvalue weighted by atomic mass is 9.93. The molecule has 24 heavy (non-hydrogen) atoms. The zero-order valence-corrected chi connectivity index (χ0v) is 16.3. The molecule has 0 saturated carbocycles. The van der Waals surface area contributed by atoms with E-state index in [4.69, 9.17) is 51.1 Å². The molecule has 1 saturated heterocycles. The lowest BCUT2D eigenvalue weighted by molar-refractivity contribution is -0.00403. The molecule has 0 spiro atoms. The molecule has 0 N–H and O–H groups in total. The second-order valence-electron chi connectivity index (χ2n) is 6.28. The molecule has 3 rings (SSSR count). The van der Waals surface area contributed by atoms with Gasteiger partial charge in [-0.05, 0) is 37.1 Å². The first-order chi connectivity index (χ1) is 11.3. The maximum atomic E-state index is 6.35. The van der Waals surface area contributed by atoms with Crippen LogP contribution in [0.2, 0.25) is 20.1 Å². The van der Waals surface area contributed by atoms with E-state index >= 15 is 0 Å². The largest absolute Gasteiger partial charge is 0.363 e. The maximum Gasteiger partial charge on any atom is 0.0889 e. The molecule has 0 bridgehead atoms. The third kappa shape index (κ3) is 3.47. The Morgan fingerprint density at radius 2 is 1.58 bits per heavy atom. The summed E-state index contributed by atoms with van der Waals surface area (Å²) in [5.41, 5.74) is 2.49. The molecule has 0 radical (unpaired) electrons. The van der Waals surface area contributed by atoms with Gasteiger partial charge in [-0.3, -0.25) is 0 Å². The van der Waals surface area contributed by atoms with Gasteiger partial charge in [-0.2, -0.15) is 0 Å². The Morgan fingerprint density at radius 1 is 0.958 bits per heavy atom. The van der Waals surface area contributed by atoms with Crippen LogP contribution in [-0.2, 0) is 4.74 Å². The highest BCUT2D eigenvalue weighted by Crippen LogP contribution is 2.47. The van der Waals surface area contributed by atoms with Crippen LogP contribution >= 0.6 is 46.4 Å². The Bertz CT molecular complexity index is 811. The van der Waals surface area contributed by atoms with Crippen LogP contribution in [0.1, 0.15) is 37.5 Å². The summed E-state index contributed by atoms with van der Waals surface area (Å²) in [4.78, 5) is 0. The molecule has 1 heterocycles. The van der Waals surface area contributed by atoms with Crippen molar-refractivity contribution in [3.05, 3.63) is 73.2 Å². The summed E-state index contributed by atoms with van der Waals surface area (Å²) in [5.74, 6) is 0. The molecule has 1 aliphatic heterocycles. The van der Waals surface area contributed by atoms with E-state index in [2.05, 4.69) is 0 Å². The lowest BCUT2D eigenvalue weighted by Crippen LogP contribution is -2.20. The van der Waals surface area contributed by atoms with Crippen LogP contribution in [0.3, 0.4) is 0 Å². The third-order valence-electron chi connectivity index (χ3n) is 4.26. The highest BCUT2D eigenvalue weighted by molar-refractivity contribution is 6.43. The minimum Gasteiger partial charge on any atom is -0.363 e. The Morgan fingerprint density at radius 3 is 2.29 bits per heavy atom. The van der Waals surface area contributed by atoms with Gasteiger partial charge < -0.3 is 4.74 Å². The van der Waals surface area contributed by atoms with E-state index in [0.717, 1.165) is 23.1 Å². The average molecular weight is 402 g/mol. The van der Waals surface area contributed by atoms with Gasteiger partial charge in [0.15, 0.2) is 0 Å². The predicted molar refractivity (Wildman–Crippen MR) is 103 cm³/mol. The van der Waals surface area contributed by atoms with Crippen molar-refractivity contribution in [3.63, 3.8) is 0 Å². The smallest absolute Gasteiger partial charge is 0.0889 e. The molecule has 1 fully saturated rings. The molecule has 1 aliphatic rings. The summed E-state index contributed by atoms with van der Waals surface area (Å²) in [6.07, 6.45) is 2.62. The summed E-state index contributed by atoms with van der Waals surface area (Å²) >= 11 is 24.9. The van der Waals surface area contributed by atoms with Crippen LogP contribution in [-0.4, -0.2) is 5.60 Å². The van der Waals surface area contributed by atoms with E-state index in [1.807, 2.05) is 44.2 Å². The lowest BCUT2D eigenvalue weighted by Gasteiger charge is -2.21. The van der Waals surface area contributed by atoms with Crippen molar-refractivity contribution in [3.8, 4) is 0 Å². The van der Waals surface area contributed by atoms with Crippen LogP contribution in [0.4, 0.5) is 0 Å². The van der Waals surface area contributed by atoms with Crippen LogP contribution < -0.4 is 0 Å². The molecule has 126 valence electrons. The van der Waals surface area contributed by atoms with Crippen molar-refractivity contribution in [2.24, 2.45) is 0 Å². The molecule has 5 heteroatoms. The predicted octanol–water partition coefficient (Wildman–Crippen LogP) is 7.62. The monoisotopic (exact) mass is 400 g/mol. The number of hydrogen-bond acceptors (Lipinski definition) is 1. The van der Waals surface area contributed by atoms with Crippen molar-refractivity contribution in [2.45, 2.75) is 32.0 Å². The molecule has 1 atom stereocenters. The molecular formula is C19H16Cl4O. The second kappa shape index (κ2) is 6.90. The molecule has 0 aromatic heterocycles. The Labute approximate surface area is 162 Å². The molecule has 1 unspecified atom stereocenters. The first-order valence-corrected chi connectivity index (χ1v) is 9.07. The molecule has 1 nitrogen and oxygen atoms in total. The van der Waals surface area contributed by atoms with E-state index in [-0.39, 0.29) is 6.10 Å². The normalized spacial score (nSPS) is 21.4. The fraction of sp³-hybridized carbons (Fsp3) is 0.263. The van der Waals surface area contributed by atoms with Gasteiger partial charge in [0.1, 0.15) is 0 Å². The van der Waals surface area contributed by atoms with Crippen LogP contribution in [0.15, 0.2) is 42.0 Å². The minimum atomic E-state index is -0.429. The Kier molecular flexibility index (Phi) is 5.20. The second-order valence-corrected chi connectivity index (χ2v) is 7.85. The summed E-state index contributed by atoms with van der Waals surface area (Å²) in [7, 11) is 0. The zero-order chi connectivity index (χ0) is 17.5. The van der Waals surface area contributed by atoms with E-state index in [1.54, 1.807) is 12.1 Å². The van der Waals surface area contributed by atoms with Gasteiger partial charge >= 0.3 is 0 Å². The first-order valence-electron chi connectivity index (χ1n) is 7.56. The van der Waals surface area contributed by atoms with Gasteiger partial charge in [0.05, 0.1) is 31.8 Å². The molecule has 2 aromatic rings. The number of ether oxygens (including phenoxy) is 1. The van der Waals surface area contributed by atoms with Gasteiger partial charge in [-0.1, -0.05) is 76.7 Å². The van der Waals surface area contributed by atoms with Crippen LogP contribution in [0, 0.1) is 0 Å². The molecule has 0 amide bonds. The van der Waals surface area contributed by atoms with Crippen LogP contribution in [0.25, 0.3) is 6.08 Å². The van der Waals surface area contributed by atoms with E-state index in [9.17, 15) is 0 Å². The Hall–Kier alpha value is -0.700. The molecule has 2 aromatic carbocycles. The highest BCUT2D eigenvalue weighted by Gasteiger charge is 2.38. The van der Waals surface area contributed by atoms with E-state index < -0.39 is 5.60 Å². The van der Waals surface area contributed by atoms with E-state index in [0.29, 0.717) is 20.1 Å². The summed E-state index contributed by atoms with van der Waals surface area (Å²) in [5, 5.41) is 2.16. The minimum absolute atomic E-state index is 0.143. The standard InChI is InChI=1S/C19H16Cl4O/c1-19(2)12(9-11-5-3-7-14(20)17(11)22)10-16(24-19)13-6-4-8-15(21)18(13)23/h3-9,16H,10H2,1-2H3/b12-9-. The van der Waals surface area contributed by atoms with Crippen molar-refractivity contribution in [2.75, 3.05) is 0 Å². The fourth-order valence-corrected chi connectivity index (χ4v) is 3.71. The quantitative estimate of drug-likeness (QED) is 0.502. The van der Waals surface area contributed by atoms with Gasteiger partial charge in [-0.25, -0.2) is 0 Å². The first kappa shape index (κ1) is 18.1. The number of hydrogen-bond donors (Lipinski definition) is 0. The van der Waals surface area contributed by atoms with Crippen molar-refractivity contribution in [1.82, 2.24) is 0 Å². The van der Waals surface area contributed by atoms with Gasteiger partial charge in [0.25, 0.3) is 0 Å². The van der Waals surface area contributed by atoms with Gasteiger partial charge in [0.2, 0.25) is 0 Å². The summed E-state index contributed by atoms with van der Waals surface area (Å²) in [6.45, 7) is 4.07. The average Bonchev–Trinajstić information content (AvgIpc) is 2.81. The van der Waals surface area contributed by atoms with Gasteiger partial charge in [0, 0.05) is 12.0 Å². The SMILES string of the molecule is CC1(C)OC(c2cccc(Cl)c2Cl)C/C1=C/c1cccc(Cl)c1Cl. The van der Waals surface area contributed by atoms with Crippen molar-refractivity contribution >= 4 is 52.5 Å². The fourth-order valence-electron chi connectivity index (χ4n) is 2.91. The number of halogens is 4. The van der Waals surface area contributed by atoms with Gasteiger partial charge in [-0.15, -0.1) is 0 Å². The summed E-state index contributed by atoms with van der Waals surface area (Å²) in [6, 6.07) is 11.2. The van der Waals surface area contributed by atoms with Crippen LogP contribution in [0.5, 0.6) is 0 Å². The topological polar surface area (TPSA) is 9.23 Å². The van der Waals surface area contributed by atoms with Crippen molar-refractivity contribution < 1.29 is 4.74 Å². The summed E-state index contributed by atoms with van der Waals surface area (Å²) < 4.78 is 6.24. The van der Waals surface area contributed by atoms with E-state index in [1.165, 1.54) is 0 Å². The maximum absolute atomic E-state index is 6.35. The highest BCUT2D eigenvalue weighted by atomic mass is 35.5. The molecule has 0 aliphatic carbocycles. The zero-order valence-electron chi connectivity index (χ0n) is 13.2. The number of benzene rings is 2. The third-order valence-corrected chi connectivity index (χ3v) is 5.92. The molecular weight excluding hydrogens is 386 g/mol. The Balaban J connectivity index is 1.97.